The molecule has 0 aromatic heterocycles. The summed E-state index contributed by atoms with van der Waals surface area (Å²) in [6.45, 7) is 2.44. The van der Waals surface area contributed by atoms with Crippen LogP contribution in [0.3, 0.4) is 0 Å². The van der Waals surface area contributed by atoms with Crippen LogP contribution in [0, 0.1) is 5.92 Å². The molecule has 2 rings (SSSR count). The molecule has 21 heavy (non-hydrogen) atoms. The molecule has 0 bridgehead atoms. The third-order valence-corrected chi connectivity index (χ3v) is 4.81. The zero-order valence-corrected chi connectivity index (χ0v) is 13.8. The number of benzene rings is 1. The van der Waals surface area contributed by atoms with E-state index in [1.165, 1.54) is 76.2 Å². The topological polar surface area (TPSA) is 0 Å². The summed E-state index contributed by atoms with van der Waals surface area (Å²) in [6.07, 6.45) is 17.9. The van der Waals surface area contributed by atoms with Gasteiger partial charge in [0.25, 0.3) is 0 Å². The van der Waals surface area contributed by atoms with Gasteiger partial charge in [-0.1, -0.05) is 93.9 Å². The van der Waals surface area contributed by atoms with Crippen LogP contribution in [0.1, 0.15) is 83.1 Å². The van der Waals surface area contributed by atoms with Crippen LogP contribution in [0.4, 0.5) is 0 Å². The van der Waals surface area contributed by atoms with Gasteiger partial charge in [0.2, 0.25) is 0 Å². The summed E-state index contributed by atoms with van der Waals surface area (Å²) in [5.41, 5.74) is 3.05. The lowest BCUT2D eigenvalue weighted by molar-refractivity contribution is 0.441. The Kier molecular flexibility index (Phi) is 7.63. The fourth-order valence-corrected chi connectivity index (χ4v) is 3.42. The normalized spacial score (nSPS) is 24.8. The van der Waals surface area contributed by atoms with Crippen molar-refractivity contribution in [2.45, 2.75) is 77.6 Å². The van der Waals surface area contributed by atoms with E-state index in [1.54, 1.807) is 5.57 Å². The van der Waals surface area contributed by atoms with E-state index in [4.69, 9.17) is 0 Å². The molecule has 0 aliphatic heterocycles. The first-order chi connectivity index (χ1) is 10.3. The largest absolute Gasteiger partial charge is 0.0696 e. The van der Waals surface area contributed by atoms with Crippen molar-refractivity contribution in [2.75, 3.05) is 0 Å². The summed E-state index contributed by atoms with van der Waals surface area (Å²) in [5.74, 6) is 0.937. The lowest BCUT2D eigenvalue weighted by Crippen LogP contribution is -1.95. The Morgan fingerprint density at radius 1 is 0.762 bits per heavy atom. The van der Waals surface area contributed by atoms with Gasteiger partial charge in [0.05, 0.1) is 0 Å². The molecule has 1 atom stereocenters. The molecule has 1 unspecified atom stereocenters. The van der Waals surface area contributed by atoms with Crippen molar-refractivity contribution in [2.24, 2.45) is 5.92 Å². The first kappa shape index (κ1) is 16.3. The van der Waals surface area contributed by atoms with Gasteiger partial charge in [-0.2, -0.15) is 0 Å². The maximum Gasteiger partial charge on any atom is -0.0257 e. The van der Waals surface area contributed by atoms with Crippen molar-refractivity contribution in [3.05, 3.63) is 41.5 Å². The molecule has 0 radical (unpaired) electrons. The van der Waals surface area contributed by atoms with Crippen LogP contribution in [0.5, 0.6) is 0 Å². The average molecular weight is 284 g/mol. The average Bonchev–Trinajstić information content (AvgIpc) is 2.52. The Morgan fingerprint density at radius 2 is 1.33 bits per heavy atom. The molecule has 0 heteroatoms. The molecule has 0 saturated heterocycles. The SMILES string of the molecule is CC1CCCCCCCC(=Cc2ccccc2)CCCC1. The zero-order valence-electron chi connectivity index (χ0n) is 13.8. The molecule has 1 fully saturated rings. The summed E-state index contributed by atoms with van der Waals surface area (Å²) < 4.78 is 0. The predicted molar refractivity (Wildman–Crippen MR) is 94.4 cm³/mol. The first-order valence-corrected chi connectivity index (χ1v) is 9.09. The molecular formula is C21H32. The summed E-state index contributed by atoms with van der Waals surface area (Å²) in [4.78, 5) is 0. The molecule has 116 valence electrons. The van der Waals surface area contributed by atoms with E-state index in [0.717, 1.165) is 5.92 Å². The molecule has 0 heterocycles. The third-order valence-electron chi connectivity index (χ3n) is 4.81. The van der Waals surface area contributed by atoms with Gasteiger partial charge in [-0.15, -0.1) is 0 Å². The van der Waals surface area contributed by atoms with E-state index in [9.17, 15) is 0 Å². The lowest BCUT2D eigenvalue weighted by atomic mass is 9.95. The second-order valence-electron chi connectivity index (χ2n) is 6.87. The van der Waals surface area contributed by atoms with Gasteiger partial charge in [0.1, 0.15) is 0 Å². The van der Waals surface area contributed by atoms with Crippen molar-refractivity contribution in [1.82, 2.24) is 0 Å². The van der Waals surface area contributed by atoms with Crippen LogP contribution in [0.25, 0.3) is 6.08 Å². The van der Waals surface area contributed by atoms with E-state index < -0.39 is 0 Å². The van der Waals surface area contributed by atoms with E-state index in [-0.39, 0.29) is 0 Å². The first-order valence-electron chi connectivity index (χ1n) is 9.09. The second kappa shape index (κ2) is 9.82. The minimum atomic E-state index is 0.937. The van der Waals surface area contributed by atoms with Crippen LogP contribution in [-0.2, 0) is 0 Å². The van der Waals surface area contributed by atoms with Crippen LogP contribution in [0.15, 0.2) is 35.9 Å². The van der Waals surface area contributed by atoms with Crippen molar-refractivity contribution in [3.63, 3.8) is 0 Å². The Hall–Kier alpha value is -1.04. The molecule has 1 saturated carbocycles. The Morgan fingerprint density at radius 3 is 2.10 bits per heavy atom. The quantitative estimate of drug-likeness (QED) is 0.520. The van der Waals surface area contributed by atoms with E-state index in [1.807, 2.05) is 0 Å². The minimum absolute atomic E-state index is 0.937. The predicted octanol–water partition coefficient (Wildman–Crippen LogP) is 7.01. The van der Waals surface area contributed by atoms with Crippen LogP contribution < -0.4 is 0 Å². The molecule has 1 aliphatic carbocycles. The van der Waals surface area contributed by atoms with Crippen LogP contribution in [-0.4, -0.2) is 0 Å². The molecule has 1 aliphatic rings. The summed E-state index contributed by atoms with van der Waals surface area (Å²) >= 11 is 0. The smallest absolute Gasteiger partial charge is 0.0257 e. The fourth-order valence-electron chi connectivity index (χ4n) is 3.42. The highest BCUT2D eigenvalue weighted by Crippen LogP contribution is 2.24. The molecule has 1 aromatic carbocycles. The molecule has 0 spiro atoms. The van der Waals surface area contributed by atoms with Gasteiger partial charge in [-0.3, -0.25) is 0 Å². The lowest BCUT2D eigenvalue weighted by Gasteiger charge is -2.11. The Bertz CT molecular complexity index is 401. The standard InChI is InChI=1S/C21H32/c1-19-12-6-3-2-4-7-14-21(17-11-10-13-19)18-20-15-8-5-9-16-20/h5,8-9,15-16,18-19H,2-4,6-7,10-14,17H2,1H3. The monoisotopic (exact) mass is 284 g/mol. The highest BCUT2D eigenvalue weighted by molar-refractivity contribution is 5.52. The van der Waals surface area contributed by atoms with Gasteiger partial charge >= 0.3 is 0 Å². The number of allylic oxidation sites excluding steroid dienone is 1. The van der Waals surface area contributed by atoms with Crippen LogP contribution >= 0.6 is 0 Å². The summed E-state index contributed by atoms with van der Waals surface area (Å²) in [5, 5.41) is 0. The van der Waals surface area contributed by atoms with Gasteiger partial charge in [-0.25, -0.2) is 0 Å². The molecule has 1 aromatic rings. The maximum absolute atomic E-state index is 2.45. The maximum atomic E-state index is 2.45. The Labute approximate surface area is 131 Å². The molecule has 0 nitrogen and oxygen atoms in total. The second-order valence-corrected chi connectivity index (χ2v) is 6.87. The van der Waals surface area contributed by atoms with Gasteiger partial charge in [-0.05, 0) is 37.2 Å². The van der Waals surface area contributed by atoms with Crippen molar-refractivity contribution >= 4 is 6.08 Å². The minimum Gasteiger partial charge on any atom is -0.0696 e. The third kappa shape index (κ3) is 6.98. The van der Waals surface area contributed by atoms with Gasteiger partial charge < -0.3 is 0 Å². The van der Waals surface area contributed by atoms with E-state index >= 15 is 0 Å². The number of hydrogen-bond acceptors (Lipinski definition) is 0. The van der Waals surface area contributed by atoms with Crippen molar-refractivity contribution in [1.29, 1.82) is 0 Å². The summed E-state index contributed by atoms with van der Waals surface area (Å²) in [7, 11) is 0. The van der Waals surface area contributed by atoms with Gasteiger partial charge in [0, 0.05) is 0 Å². The highest BCUT2D eigenvalue weighted by atomic mass is 14.1. The summed E-state index contributed by atoms with van der Waals surface area (Å²) in [6, 6.07) is 10.9. The Balaban J connectivity index is 1.93. The van der Waals surface area contributed by atoms with E-state index in [2.05, 4.69) is 43.3 Å². The highest BCUT2D eigenvalue weighted by Gasteiger charge is 2.05. The van der Waals surface area contributed by atoms with Crippen LogP contribution in [0.2, 0.25) is 0 Å². The van der Waals surface area contributed by atoms with E-state index in [0.29, 0.717) is 0 Å². The molecule has 0 N–H and O–H groups in total. The number of rotatable bonds is 1. The van der Waals surface area contributed by atoms with Crippen molar-refractivity contribution in [3.8, 4) is 0 Å². The van der Waals surface area contributed by atoms with Crippen molar-refractivity contribution < 1.29 is 0 Å². The number of hydrogen-bond donors (Lipinski definition) is 0. The molecular weight excluding hydrogens is 252 g/mol. The zero-order chi connectivity index (χ0) is 14.8. The molecule has 0 amide bonds. The fraction of sp³-hybridized carbons (Fsp3) is 0.619. The van der Waals surface area contributed by atoms with Gasteiger partial charge in [0.15, 0.2) is 0 Å².